The molecule has 0 unspecified atom stereocenters. The van der Waals surface area contributed by atoms with Crippen molar-refractivity contribution in [3.8, 4) is 0 Å². The highest BCUT2D eigenvalue weighted by Crippen LogP contribution is 2.32. The van der Waals surface area contributed by atoms with Crippen molar-refractivity contribution in [2.45, 2.75) is 32.4 Å². The van der Waals surface area contributed by atoms with Crippen molar-refractivity contribution in [1.82, 2.24) is 15.4 Å². The molecular formula is C16H19N3O2. The summed E-state index contributed by atoms with van der Waals surface area (Å²) in [6, 6.07) is 11.8. The molecule has 2 aromatic rings. The van der Waals surface area contributed by atoms with Crippen molar-refractivity contribution in [2.75, 3.05) is 6.54 Å². The Morgan fingerprint density at radius 3 is 2.95 bits per heavy atom. The maximum atomic E-state index is 12.4. The minimum atomic E-state index is -0.0459. The molecule has 1 atom stereocenters. The summed E-state index contributed by atoms with van der Waals surface area (Å²) in [4.78, 5) is 14.2. The minimum absolute atomic E-state index is 0.00183. The normalized spacial score (nSPS) is 18.0. The first-order chi connectivity index (χ1) is 10.2. The summed E-state index contributed by atoms with van der Waals surface area (Å²) in [7, 11) is 0. The van der Waals surface area contributed by atoms with E-state index in [1.54, 1.807) is 0 Å². The molecule has 0 aliphatic carbocycles. The van der Waals surface area contributed by atoms with E-state index >= 15 is 0 Å². The van der Waals surface area contributed by atoms with Gasteiger partial charge in [-0.15, -0.1) is 0 Å². The molecule has 5 heteroatoms. The summed E-state index contributed by atoms with van der Waals surface area (Å²) < 4.78 is 5.32. The molecular weight excluding hydrogens is 266 g/mol. The van der Waals surface area contributed by atoms with Crippen LogP contribution in [0.2, 0.25) is 0 Å². The van der Waals surface area contributed by atoms with Gasteiger partial charge in [-0.1, -0.05) is 35.5 Å². The van der Waals surface area contributed by atoms with Crippen LogP contribution < -0.4 is 5.32 Å². The summed E-state index contributed by atoms with van der Waals surface area (Å²) in [5.74, 6) is 0.778. The van der Waals surface area contributed by atoms with Gasteiger partial charge in [0.2, 0.25) is 0 Å². The standard InChI is InChI=1S/C16H19N3O2/c1-12-10-15(21-18-12)14-8-5-9-19(14)16(20)17-11-13-6-3-2-4-7-13/h2-4,6-7,10,14H,5,8-9,11H2,1H3,(H,17,20)/t14-/m1/s1. The minimum Gasteiger partial charge on any atom is -0.359 e. The maximum absolute atomic E-state index is 12.4. The van der Waals surface area contributed by atoms with Crippen LogP contribution in [0.15, 0.2) is 40.9 Å². The van der Waals surface area contributed by atoms with E-state index in [4.69, 9.17) is 4.52 Å². The highest BCUT2D eigenvalue weighted by molar-refractivity contribution is 5.75. The summed E-state index contributed by atoms with van der Waals surface area (Å²) >= 11 is 0. The van der Waals surface area contributed by atoms with Gasteiger partial charge in [0.05, 0.1) is 11.7 Å². The van der Waals surface area contributed by atoms with Crippen LogP contribution in [0.4, 0.5) is 4.79 Å². The van der Waals surface area contributed by atoms with Crippen LogP contribution in [0.3, 0.4) is 0 Å². The number of hydrogen-bond acceptors (Lipinski definition) is 3. The Balaban J connectivity index is 1.63. The fraction of sp³-hybridized carbons (Fsp3) is 0.375. The first-order valence-electron chi connectivity index (χ1n) is 7.25. The first-order valence-corrected chi connectivity index (χ1v) is 7.25. The van der Waals surface area contributed by atoms with Gasteiger partial charge >= 0.3 is 6.03 Å². The Kier molecular flexibility index (Phi) is 3.90. The molecule has 0 bridgehead atoms. The number of carbonyl (C=O) groups excluding carboxylic acids is 1. The van der Waals surface area contributed by atoms with Gasteiger partial charge < -0.3 is 14.7 Å². The number of aryl methyl sites for hydroxylation is 1. The van der Waals surface area contributed by atoms with E-state index in [-0.39, 0.29) is 12.1 Å². The maximum Gasteiger partial charge on any atom is 0.318 e. The number of nitrogens with zero attached hydrogens (tertiary/aromatic N) is 2. The fourth-order valence-corrected chi connectivity index (χ4v) is 2.72. The van der Waals surface area contributed by atoms with Gasteiger partial charge in [-0.3, -0.25) is 0 Å². The van der Waals surface area contributed by atoms with Gasteiger partial charge in [0.1, 0.15) is 0 Å². The Morgan fingerprint density at radius 2 is 2.24 bits per heavy atom. The van der Waals surface area contributed by atoms with Crippen molar-refractivity contribution < 1.29 is 9.32 Å². The number of amides is 2. The van der Waals surface area contributed by atoms with Crippen LogP contribution in [0, 0.1) is 6.92 Å². The molecule has 1 N–H and O–H groups in total. The first kappa shape index (κ1) is 13.7. The molecule has 0 radical (unpaired) electrons. The number of nitrogens with one attached hydrogen (secondary N) is 1. The Morgan fingerprint density at radius 1 is 1.43 bits per heavy atom. The van der Waals surface area contributed by atoms with E-state index in [0.717, 1.165) is 36.4 Å². The van der Waals surface area contributed by atoms with Crippen molar-refractivity contribution in [2.24, 2.45) is 0 Å². The van der Waals surface area contributed by atoms with Gasteiger partial charge in [-0.25, -0.2) is 4.79 Å². The van der Waals surface area contributed by atoms with Crippen LogP contribution in [0.1, 0.15) is 35.9 Å². The molecule has 110 valence electrons. The van der Waals surface area contributed by atoms with E-state index in [9.17, 15) is 4.79 Å². The lowest BCUT2D eigenvalue weighted by molar-refractivity contribution is 0.182. The summed E-state index contributed by atoms with van der Waals surface area (Å²) in [6.07, 6.45) is 1.91. The Hall–Kier alpha value is -2.30. The van der Waals surface area contributed by atoms with Crippen LogP contribution in [0.5, 0.6) is 0 Å². The second kappa shape index (κ2) is 5.99. The second-order valence-corrected chi connectivity index (χ2v) is 5.37. The highest BCUT2D eigenvalue weighted by Gasteiger charge is 2.32. The lowest BCUT2D eigenvalue weighted by Gasteiger charge is -2.23. The molecule has 2 heterocycles. The molecule has 1 saturated heterocycles. The SMILES string of the molecule is Cc1cc([C@H]2CCCN2C(=O)NCc2ccccc2)on1. The van der Waals surface area contributed by atoms with Crippen LogP contribution in [-0.4, -0.2) is 22.6 Å². The topological polar surface area (TPSA) is 58.4 Å². The smallest absolute Gasteiger partial charge is 0.318 e. The number of aromatic nitrogens is 1. The molecule has 1 aromatic carbocycles. The van der Waals surface area contributed by atoms with Gasteiger partial charge in [0, 0.05) is 19.2 Å². The lowest BCUT2D eigenvalue weighted by Crippen LogP contribution is -2.39. The van der Waals surface area contributed by atoms with E-state index in [1.165, 1.54) is 0 Å². The molecule has 5 nitrogen and oxygen atoms in total. The van der Waals surface area contributed by atoms with Gasteiger partial charge in [0.25, 0.3) is 0 Å². The predicted octanol–water partition coefficient (Wildman–Crippen LogP) is 3.03. The van der Waals surface area contributed by atoms with Crippen LogP contribution in [-0.2, 0) is 6.54 Å². The molecule has 2 amide bonds. The molecule has 21 heavy (non-hydrogen) atoms. The third-order valence-corrected chi connectivity index (χ3v) is 3.77. The van der Waals surface area contributed by atoms with Crippen LogP contribution in [0.25, 0.3) is 0 Å². The zero-order chi connectivity index (χ0) is 14.7. The van der Waals surface area contributed by atoms with Gasteiger partial charge in [0.15, 0.2) is 5.76 Å². The Bertz CT molecular complexity index is 609. The molecule has 1 aliphatic heterocycles. The number of hydrogen-bond donors (Lipinski definition) is 1. The van der Waals surface area contributed by atoms with Crippen molar-refractivity contribution >= 4 is 6.03 Å². The average Bonchev–Trinajstić information content (AvgIpc) is 3.14. The second-order valence-electron chi connectivity index (χ2n) is 5.37. The molecule has 1 aliphatic rings. The molecule has 1 aromatic heterocycles. The third-order valence-electron chi connectivity index (χ3n) is 3.77. The molecule has 0 spiro atoms. The van der Waals surface area contributed by atoms with E-state index in [0.29, 0.717) is 6.54 Å². The van der Waals surface area contributed by atoms with Crippen molar-refractivity contribution in [3.63, 3.8) is 0 Å². The fourth-order valence-electron chi connectivity index (χ4n) is 2.72. The Labute approximate surface area is 123 Å². The quantitative estimate of drug-likeness (QED) is 0.943. The highest BCUT2D eigenvalue weighted by atomic mass is 16.5. The number of urea groups is 1. The van der Waals surface area contributed by atoms with Gasteiger partial charge in [-0.05, 0) is 25.3 Å². The van der Waals surface area contributed by atoms with Crippen molar-refractivity contribution in [3.05, 3.63) is 53.4 Å². The molecule has 0 saturated carbocycles. The van der Waals surface area contributed by atoms with Crippen LogP contribution >= 0.6 is 0 Å². The number of carbonyl (C=O) groups is 1. The number of rotatable bonds is 3. The van der Waals surface area contributed by atoms with E-state index in [2.05, 4.69) is 10.5 Å². The summed E-state index contributed by atoms with van der Waals surface area (Å²) in [6.45, 7) is 3.19. The van der Waals surface area contributed by atoms with E-state index in [1.807, 2.05) is 48.2 Å². The van der Waals surface area contributed by atoms with E-state index < -0.39 is 0 Å². The van der Waals surface area contributed by atoms with Gasteiger partial charge in [-0.2, -0.15) is 0 Å². The summed E-state index contributed by atoms with van der Waals surface area (Å²) in [5.41, 5.74) is 1.94. The number of benzene rings is 1. The molecule has 1 fully saturated rings. The average molecular weight is 285 g/mol. The zero-order valence-corrected chi connectivity index (χ0v) is 12.1. The number of likely N-dealkylation sites (tertiary alicyclic amines) is 1. The zero-order valence-electron chi connectivity index (χ0n) is 12.1. The summed E-state index contributed by atoms with van der Waals surface area (Å²) in [5, 5.41) is 6.89. The predicted molar refractivity (Wildman–Crippen MR) is 78.6 cm³/mol. The monoisotopic (exact) mass is 285 g/mol. The lowest BCUT2D eigenvalue weighted by atomic mass is 10.1. The largest absolute Gasteiger partial charge is 0.359 e. The van der Waals surface area contributed by atoms with Crippen molar-refractivity contribution in [1.29, 1.82) is 0 Å². The molecule has 3 rings (SSSR count). The third kappa shape index (κ3) is 3.07.